The Balaban J connectivity index is 1.68. The molecule has 2 atom stereocenters. The van der Waals surface area contributed by atoms with Crippen LogP contribution in [-0.2, 0) is 19.6 Å². The summed E-state index contributed by atoms with van der Waals surface area (Å²) in [7, 11) is -3.48. The Morgan fingerprint density at radius 2 is 2.21 bits per heavy atom. The minimum absolute atomic E-state index is 0.110. The van der Waals surface area contributed by atoms with E-state index in [1.807, 2.05) is 0 Å². The smallest absolute Gasteiger partial charge is 0.247 e. The Morgan fingerprint density at radius 1 is 1.39 bits per heavy atom. The standard InChI is InChI=1S/C18H22FN3O4S2/c1-28(24,25)22-8-2-5-15(22)17(23)21(11-13-4-3-9-26-13)18-20-14-7-6-12(19)10-16(14)27-18/h6-7,10,13,15H,2-5,8-9,11H2,1H3. The zero-order valence-corrected chi connectivity index (χ0v) is 17.1. The molecule has 2 aliphatic heterocycles. The molecule has 7 nitrogen and oxygen atoms in total. The minimum Gasteiger partial charge on any atom is -0.376 e. The van der Waals surface area contributed by atoms with Crippen molar-refractivity contribution in [3.05, 3.63) is 24.0 Å². The van der Waals surface area contributed by atoms with E-state index in [0.29, 0.717) is 47.9 Å². The molecule has 4 rings (SSSR count). The van der Waals surface area contributed by atoms with Crippen LogP contribution in [0.1, 0.15) is 25.7 Å². The number of amides is 1. The molecule has 0 aliphatic carbocycles. The van der Waals surface area contributed by atoms with Crippen molar-refractivity contribution in [1.82, 2.24) is 9.29 Å². The molecule has 0 radical (unpaired) electrons. The highest BCUT2D eigenvalue weighted by Crippen LogP contribution is 2.32. The third-order valence-corrected chi connectivity index (χ3v) is 7.49. The van der Waals surface area contributed by atoms with Crippen LogP contribution in [0.25, 0.3) is 10.2 Å². The van der Waals surface area contributed by atoms with Crippen LogP contribution < -0.4 is 4.90 Å². The summed E-state index contributed by atoms with van der Waals surface area (Å²) in [5, 5.41) is 0.446. The lowest BCUT2D eigenvalue weighted by Crippen LogP contribution is -2.49. The van der Waals surface area contributed by atoms with Gasteiger partial charge in [0.25, 0.3) is 0 Å². The van der Waals surface area contributed by atoms with Gasteiger partial charge in [-0.05, 0) is 43.9 Å². The number of nitrogens with zero attached hydrogens (tertiary/aromatic N) is 3. The molecule has 0 bridgehead atoms. The van der Waals surface area contributed by atoms with Crippen LogP contribution in [-0.4, -0.2) is 61.7 Å². The molecule has 1 aromatic carbocycles. The van der Waals surface area contributed by atoms with E-state index in [0.717, 1.165) is 19.1 Å². The first-order valence-corrected chi connectivity index (χ1v) is 12.0. The van der Waals surface area contributed by atoms with Crippen molar-refractivity contribution in [2.45, 2.75) is 37.8 Å². The van der Waals surface area contributed by atoms with Gasteiger partial charge in [0.2, 0.25) is 15.9 Å². The molecular weight excluding hydrogens is 405 g/mol. The van der Waals surface area contributed by atoms with Gasteiger partial charge in [0.15, 0.2) is 5.13 Å². The fraction of sp³-hybridized carbons (Fsp3) is 0.556. The molecule has 0 spiro atoms. The highest BCUT2D eigenvalue weighted by atomic mass is 32.2. The summed E-state index contributed by atoms with van der Waals surface area (Å²) in [6.45, 7) is 1.31. The number of anilines is 1. The molecule has 2 saturated heterocycles. The Labute approximate surface area is 167 Å². The zero-order chi connectivity index (χ0) is 19.9. The summed E-state index contributed by atoms with van der Waals surface area (Å²) in [6, 6.07) is 3.57. The summed E-state index contributed by atoms with van der Waals surface area (Å²) in [6.07, 6.45) is 3.90. The number of benzene rings is 1. The van der Waals surface area contributed by atoms with Crippen LogP contribution in [0.15, 0.2) is 18.2 Å². The van der Waals surface area contributed by atoms with E-state index in [-0.39, 0.29) is 17.8 Å². The third kappa shape index (κ3) is 3.91. The number of halogens is 1. The molecule has 1 aromatic heterocycles. The van der Waals surface area contributed by atoms with Gasteiger partial charge in [-0.2, -0.15) is 4.31 Å². The number of thiazole rings is 1. The van der Waals surface area contributed by atoms with Crippen molar-refractivity contribution >= 4 is 42.6 Å². The molecule has 3 heterocycles. The molecule has 28 heavy (non-hydrogen) atoms. The third-order valence-electron chi connectivity index (χ3n) is 5.16. The molecule has 2 unspecified atom stereocenters. The largest absolute Gasteiger partial charge is 0.376 e. The Kier molecular flexibility index (Phi) is 5.38. The van der Waals surface area contributed by atoms with E-state index in [1.54, 1.807) is 6.07 Å². The fourth-order valence-electron chi connectivity index (χ4n) is 3.82. The molecule has 0 saturated carbocycles. The monoisotopic (exact) mass is 427 g/mol. The van der Waals surface area contributed by atoms with E-state index in [4.69, 9.17) is 4.74 Å². The molecule has 2 aromatic rings. The van der Waals surface area contributed by atoms with Crippen LogP contribution in [0.2, 0.25) is 0 Å². The van der Waals surface area contributed by atoms with Crippen LogP contribution >= 0.6 is 11.3 Å². The molecule has 1 amide bonds. The minimum atomic E-state index is -3.48. The highest BCUT2D eigenvalue weighted by Gasteiger charge is 2.40. The number of hydrogen-bond donors (Lipinski definition) is 0. The van der Waals surface area contributed by atoms with Crippen molar-refractivity contribution in [3.8, 4) is 0 Å². The lowest BCUT2D eigenvalue weighted by molar-refractivity contribution is -0.122. The van der Waals surface area contributed by atoms with Crippen molar-refractivity contribution < 1.29 is 22.3 Å². The topological polar surface area (TPSA) is 79.8 Å². The van der Waals surface area contributed by atoms with E-state index in [2.05, 4.69) is 4.98 Å². The second-order valence-electron chi connectivity index (χ2n) is 7.22. The maximum absolute atomic E-state index is 13.6. The number of carbonyl (C=O) groups is 1. The second-order valence-corrected chi connectivity index (χ2v) is 10.2. The second kappa shape index (κ2) is 7.66. The number of aromatic nitrogens is 1. The molecule has 10 heteroatoms. The van der Waals surface area contributed by atoms with Crippen molar-refractivity contribution in [2.75, 3.05) is 30.9 Å². The van der Waals surface area contributed by atoms with Gasteiger partial charge < -0.3 is 4.74 Å². The van der Waals surface area contributed by atoms with Crippen LogP contribution in [0.4, 0.5) is 9.52 Å². The quantitative estimate of drug-likeness (QED) is 0.732. The molecular formula is C18H22FN3O4S2. The maximum atomic E-state index is 13.6. The van der Waals surface area contributed by atoms with Gasteiger partial charge in [-0.25, -0.2) is 17.8 Å². The number of rotatable bonds is 5. The number of fused-ring (bicyclic) bond motifs is 1. The van der Waals surface area contributed by atoms with Crippen LogP contribution in [0.3, 0.4) is 0 Å². The number of ether oxygens (including phenoxy) is 1. The Hall–Kier alpha value is -1.62. The summed E-state index contributed by atoms with van der Waals surface area (Å²) in [5.74, 6) is -0.656. The van der Waals surface area contributed by atoms with E-state index >= 15 is 0 Å². The normalized spacial score (nSPS) is 23.5. The van der Waals surface area contributed by atoms with Gasteiger partial charge in [0.05, 0.1) is 29.1 Å². The summed E-state index contributed by atoms with van der Waals surface area (Å²) in [5.41, 5.74) is 0.609. The van der Waals surface area contributed by atoms with E-state index < -0.39 is 16.1 Å². The number of hydrogen-bond acceptors (Lipinski definition) is 6. The molecule has 152 valence electrons. The first kappa shape index (κ1) is 19.7. The SMILES string of the molecule is CS(=O)(=O)N1CCCC1C(=O)N(CC1CCCO1)c1nc2ccc(F)cc2s1. The zero-order valence-electron chi connectivity index (χ0n) is 15.5. The average molecular weight is 428 g/mol. The van der Waals surface area contributed by atoms with Gasteiger partial charge in [0, 0.05) is 13.2 Å². The average Bonchev–Trinajstić information content (AvgIpc) is 3.37. The lowest BCUT2D eigenvalue weighted by atomic mass is 10.2. The van der Waals surface area contributed by atoms with Crippen molar-refractivity contribution in [3.63, 3.8) is 0 Å². The molecule has 0 N–H and O–H groups in total. The first-order chi connectivity index (χ1) is 13.3. The molecule has 2 fully saturated rings. The maximum Gasteiger partial charge on any atom is 0.247 e. The fourth-order valence-corrected chi connectivity index (χ4v) is 5.94. The Morgan fingerprint density at radius 3 is 2.93 bits per heavy atom. The predicted octanol–water partition coefficient (Wildman–Crippen LogP) is 2.37. The summed E-state index contributed by atoms with van der Waals surface area (Å²) < 4.78 is 45.4. The highest BCUT2D eigenvalue weighted by molar-refractivity contribution is 7.88. The van der Waals surface area contributed by atoms with Crippen molar-refractivity contribution in [2.24, 2.45) is 0 Å². The molecule has 2 aliphatic rings. The van der Waals surface area contributed by atoms with Gasteiger partial charge in [-0.15, -0.1) is 0 Å². The van der Waals surface area contributed by atoms with Crippen LogP contribution in [0.5, 0.6) is 0 Å². The van der Waals surface area contributed by atoms with Gasteiger partial charge >= 0.3 is 0 Å². The summed E-state index contributed by atoms with van der Waals surface area (Å²) in [4.78, 5) is 19.4. The van der Waals surface area contributed by atoms with Gasteiger partial charge in [-0.3, -0.25) is 9.69 Å². The summed E-state index contributed by atoms with van der Waals surface area (Å²) >= 11 is 1.23. The van der Waals surface area contributed by atoms with E-state index in [9.17, 15) is 17.6 Å². The first-order valence-electron chi connectivity index (χ1n) is 9.29. The predicted molar refractivity (Wildman–Crippen MR) is 105 cm³/mol. The van der Waals surface area contributed by atoms with Crippen LogP contribution in [0, 0.1) is 5.82 Å². The van der Waals surface area contributed by atoms with Gasteiger partial charge in [0.1, 0.15) is 11.9 Å². The Bertz CT molecular complexity index is 988. The van der Waals surface area contributed by atoms with Gasteiger partial charge in [-0.1, -0.05) is 11.3 Å². The van der Waals surface area contributed by atoms with Crippen molar-refractivity contribution in [1.29, 1.82) is 0 Å². The number of sulfonamides is 1. The van der Waals surface area contributed by atoms with E-state index in [1.165, 1.54) is 32.7 Å². The lowest BCUT2D eigenvalue weighted by Gasteiger charge is -2.29. The number of carbonyl (C=O) groups excluding carboxylic acids is 1.